The number of hydrogen-bond acceptors (Lipinski definition) is 11. The minimum atomic E-state index is -1.43. The van der Waals surface area contributed by atoms with Gasteiger partial charge in [-0.3, -0.25) is 0 Å². The summed E-state index contributed by atoms with van der Waals surface area (Å²) in [6.07, 6.45) is -3.58. The molecule has 1 aromatic rings. The highest BCUT2D eigenvalue weighted by Crippen LogP contribution is 2.16. The van der Waals surface area contributed by atoms with E-state index in [0.29, 0.717) is 0 Å². The van der Waals surface area contributed by atoms with Gasteiger partial charge in [0.2, 0.25) is 0 Å². The van der Waals surface area contributed by atoms with E-state index in [2.05, 4.69) is 5.32 Å². The van der Waals surface area contributed by atoms with Crippen molar-refractivity contribution in [2.75, 3.05) is 19.8 Å². The molecule has 0 saturated carbocycles. The number of ether oxygens (including phenoxy) is 7. The summed E-state index contributed by atoms with van der Waals surface area (Å²) in [7, 11) is 0. The van der Waals surface area contributed by atoms with Crippen LogP contribution >= 0.6 is 0 Å². The highest BCUT2D eigenvalue weighted by molar-refractivity contribution is 5.68. The summed E-state index contributed by atoms with van der Waals surface area (Å²) in [6.45, 7) is 8.06. The molecule has 3 unspecified atom stereocenters. The van der Waals surface area contributed by atoms with E-state index in [1.54, 1.807) is 30.0 Å². The first-order valence-electron chi connectivity index (χ1n) is 12.0. The molecular weight excluding hydrogens is 514 g/mol. The Hall–Kier alpha value is -3.88. The van der Waals surface area contributed by atoms with Crippen LogP contribution in [0.2, 0.25) is 0 Å². The molecule has 0 bridgehead atoms. The summed E-state index contributed by atoms with van der Waals surface area (Å²) in [5.41, 5.74) is -0.673. The first kappa shape index (κ1) is 33.1. The normalized spacial score (nSPS) is 14.1. The molecule has 12 nitrogen and oxygen atoms in total. The van der Waals surface area contributed by atoms with Crippen LogP contribution in [0.4, 0.5) is 4.79 Å². The van der Waals surface area contributed by atoms with Gasteiger partial charge in [0.05, 0.1) is 19.8 Å². The Morgan fingerprint density at radius 2 is 1.13 bits per heavy atom. The summed E-state index contributed by atoms with van der Waals surface area (Å²) in [4.78, 5) is 45.3. The molecule has 39 heavy (non-hydrogen) atoms. The minimum Gasteiger partial charge on any atom is -0.459 e. The molecule has 0 saturated heterocycles. The molecule has 0 aliphatic carbocycles. The van der Waals surface area contributed by atoms with Gasteiger partial charge >= 0.3 is 6.09 Å². The van der Waals surface area contributed by atoms with Gasteiger partial charge in [-0.15, -0.1) is 0 Å². The van der Waals surface area contributed by atoms with Crippen molar-refractivity contribution in [3.05, 3.63) is 53.2 Å². The Balaban J connectivity index is 3.17. The maximum atomic E-state index is 12.9. The fraction of sp³-hybridized carbons (Fsp3) is 0.519. The fourth-order valence-corrected chi connectivity index (χ4v) is 2.96. The fourth-order valence-electron chi connectivity index (χ4n) is 2.96. The van der Waals surface area contributed by atoms with Crippen LogP contribution in [-0.4, -0.2) is 68.1 Å². The van der Waals surface area contributed by atoms with Crippen LogP contribution in [0.1, 0.15) is 47.1 Å². The summed E-state index contributed by atoms with van der Waals surface area (Å²) in [6, 6.07) is 9.04. The first-order chi connectivity index (χ1) is 18.5. The summed E-state index contributed by atoms with van der Waals surface area (Å²) < 4.78 is 38.5. The van der Waals surface area contributed by atoms with Gasteiger partial charge in [-0.2, -0.15) is 0 Å². The monoisotopic (exact) mass is 549 g/mol. The Labute approximate surface area is 227 Å². The third kappa shape index (κ3) is 14.0. The van der Waals surface area contributed by atoms with Crippen LogP contribution in [-0.2, 0) is 54.1 Å². The molecule has 214 valence electrons. The number of hydrogen-bond donors (Lipinski definition) is 1. The zero-order valence-corrected chi connectivity index (χ0v) is 22.9. The van der Waals surface area contributed by atoms with E-state index in [9.17, 15) is 19.2 Å². The molecule has 0 aliphatic rings. The van der Waals surface area contributed by atoms with E-state index in [1.807, 2.05) is 18.2 Å². The highest BCUT2D eigenvalue weighted by atomic mass is 16.7. The maximum absolute atomic E-state index is 12.9. The zero-order valence-electron chi connectivity index (χ0n) is 22.9. The van der Waals surface area contributed by atoms with Crippen molar-refractivity contribution in [2.45, 2.75) is 72.6 Å². The summed E-state index contributed by atoms with van der Waals surface area (Å²) in [5, 5.41) is 2.71. The van der Waals surface area contributed by atoms with Crippen LogP contribution in [0.5, 0.6) is 0 Å². The predicted molar refractivity (Wildman–Crippen MR) is 137 cm³/mol. The highest BCUT2D eigenvalue weighted by Gasteiger charge is 2.37. The Morgan fingerprint density at radius 1 is 0.744 bits per heavy atom. The Morgan fingerprint density at radius 3 is 1.49 bits per heavy atom. The second-order valence-corrected chi connectivity index (χ2v) is 8.43. The molecule has 1 rings (SSSR count). The topological polar surface area (TPSA) is 145 Å². The third-order valence-electron chi connectivity index (χ3n) is 4.82. The molecule has 0 heterocycles. The number of amides is 1. The average molecular weight is 550 g/mol. The quantitative estimate of drug-likeness (QED) is 0.164. The number of carbonyl (C=O) groups excluding carboxylic acids is 4. The van der Waals surface area contributed by atoms with E-state index >= 15 is 0 Å². The standard InChI is InChI=1S/C27H35NO11/c1-19(12-29)37-22(4)34-16-27(17-35-23(5)38-20(2)13-30,18-36-24(6)39-21(3)14-31)28-26(32)33-15-25-10-8-7-9-11-25/h7-11,22-24H,15-18H2,1-6H3,(H,28,32). The van der Waals surface area contributed by atoms with Gasteiger partial charge in [-0.25, -0.2) is 19.2 Å². The number of nitrogens with one attached hydrogen (secondary N) is 1. The number of carbonyl (C=O) groups is 1. The molecule has 12 heteroatoms. The van der Waals surface area contributed by atoms with Crippen molar-refractivity contribution in [3.8, 4) is 0 Å². The summed E-state index contributed by atoms with van der Waals surface area (Å²) >= 11 is 0. The second-order valence-electron chi connectivity index (χ2n) is 8.43. The lowest BCUT2D eigenvalue weighted by Crippen LogP contribution is -2.59. The van der Waals surface area contributed by atoms with Crippen molar-refractivity contribution >= 4 is 23.9 Å². The Kier molecular flexibility index (Phi) is 15.0. The molecule has 0 fully saturated rings. The SMILES string of the molecule is CC(=C=O)OC(C)OCC(COC(C)OC(C)=C=O)(COC(C)OC(C)=C=O)NC(=O)OCc1ccccc1. The lowest BCUT2D eigenvalue weighted by molar-refractivity contribution is -0.177. The van der Waals surface area contributed by atoms with E-state index < -0.39 is 30.5 Å². The van der Waals surface area contributed by atoms with Crippen molar-refractivity contribution in [2.24, 2.45) is 0 Å². The van der Waals surface area contributed by atoms with Gasteiger partial charge in [0.1, 0.15) is 12.1 Å². The van der Waals surface area contributed by atoms with Crippen LogP contribution < -0.4 is 5.32 Å². The maximum Gasteiger partial charge on any atom is 0.408 e. The van der Waals surface area contributed by atoms with E-state index in [0.717, 1.165) is 5.56 Å². The minimum absolute atomic E-state index is 0.0140. The van der Waals surface area contributed by atoms with E-state index in [-0.39, 0.29) is 43.7 Å². The molecule has 1 N–H and O–H groups in total. The number of benzene rings is 1. The van der Waals surface area contributed by atoms with Crippen LogP contribution in [0, 0.1) is 0 Å². The van der Waals surface area contributed by atoms with Gasteiger partial charge in [-0.05, 0) is 26.3 Å². The zero-order chi connectivity index (χ0) is 29.3. The van der Waals surface area contributed by atoms with Crippen LogP contribution in [0.15, 0.2) is 47.6 Å². The molecule has 0 radical (unpaired) electrons. The largest absolute Gasteiger partial charge is 0.459 e. The summed E-state index contributed by atoms with van der Waals surface area (Å²) in [5.74, 6) is 4.72. The first-order valence-corrected chi connectivity index (χ1v) is 12.0. The number of rotatable bonds is 18. The van der Waals surface area contributed by atoms with Crippen LogP contribution in [0.3, 0.4) is 0 Å². The van der Waals surface area contributed by atoms with Crippen molar-refractivity contribution in [3.63, 3.8) is 0 Å². The van der Waals surface area contributed by atoms with E-state index in [4.69, 9.17) is 33.2 Å². The number of allylic oxidation sites excluding steroid dienone is 3. The van der Waals surface area contributed by atoms with Gasteiger partial charge in [0, 0.05) is 20.8 Å². The van der Waals surface area contributed by atoms with Crippen molar-refractivity contribution in [1.82, 2.24) is 5.32 Å². The average Bonchev–Trinajstić information content (AvgIpc) is 2.92. The molecule has 1 amide bonds. The Bertz CT molecular complexity index is 966. The van der Waals surface area contributed by atoms with Crippen molar-refractivity contribution in [1.29, 1.82) is 0 Å². The lowest BCUT2D eigenvalue weighted by Gasteiger charge is -2.36. The molecule has 0 spiro atoms. The number of alkyl carbamates (subject to hydrolysis) is 1. The molecule has 1 aromatic carbocycles. The third-order valence-corrected chi connectivity index (χ3v) is 4.82. The predicted octanol–water partition coefficient (Wildman–Crippen LogP) is 3.00. The smallest absolute Gasteiger partial charge is 0.408 e. The van der Waals surface area contributed by atoms with Gasteiger partial charge in [-0.1, -0.05) is 30.3 Å². The van der Waals surface area contributed by atoms with E-state index in [1.165, 1.54) is 41.5 Å². The molecule has 0 aliphatic heterocycles. The second kappa shape index (κ2) is 17.6. The van der Waals surface area contributed by atoms with Gasteiger partial charge < -0.3 is 38.5 Å². The van der Waals surface area contributed by atoms with Gasteiger partial charge in [0.25, 0.3) is 0 Å². The molecule has 0 aromatic heterocycles. The lowest BCUT2D eigenvalue weighted by atomic mass is 10.0. The molecule has 3 atom stereocenters. The van der Waals surface area contributed by atoms with Crippen LogP contribution in [0.25, 0.3) is 0 Å². The molecular formula is C27H35NO11. The van der Waals surface area contributed by atoms with Crippen molar-refractivity contribution < 1.29 is 52.3 Å². The van der Waals surface area contributed by atoms with Gasteiger partial charge in [0.15, 0.2) is 54.0 Å².